The number of amides is 3. The van der Waals surface area contributed by atoms with E-state index >= 15 is 0 Å². The summed E-state index contributed by atoms with van der Waals surface area (Å²) in [5, 5.41) is 1.96. The fraction of sp³-hybridized carbons (Fsp3) is 0.737. The number of halogens is 3. The van der Waals surface area contributed by atoms with E-state index in [0.717, 1.165) is 12.3 Å². The first-order valence-corrected chi connectivity index (χ1v) is 9.31. The molecular weight excluding hydrogens is 391 g/mol. The maximum atomic E-state index is 12.6. The molecule has 7 nitrogen and oxygen atoms in total. The summed E-state index contributed by atoms with van der Waals surface area (Å²) < 4.78 is 42.1. The Morgan fingerprint density at radius 3 is 2.10 bits per heavy atom. The van der Waals surface area contributed by atoms with E-state index in [0.29, 0.717) is 33.2 Å². The lowest BCUT2D eigenvalue weighted by molar-refractivity contribution is -0.243. The van der Waals surface area contributed by atoms with Gasteiger partial charge in [-0.2, -0.15) is 13.2 Å². The van der Waals surface area contributed by atoms with Gasteiger partial charge in [0.25, 0.3) is 0 Å². The van der Waals surface area contributed by atoms with E-state index in [9.17, 15) is 27.6 Å². The number of nitrogens with two attached hydrogens (primary N) is 1. The number of hydrogen-bond donors (Lipinski definition) is 2. The Hall–Kier alpha value is -2.26. The highest BCUT2D eigenvalue weighted by Crippen LogP contribution is 2.32. The van der Waals surface area contributed by atoms with Gasteiger partial charge in [0.15, 0.2) is 0 Å². The van der Waals surface area contributed by atoms with Gasteiger partial charge in [-0.05, 0) is 39.0 Å². The minimum Gasteiger partial charge on any atom is -0.434 e. The predicted octanol–water partition coefficient (Wildman–Crippen LogP) is 3.88. The van der Waals surface area contributed by atoms with Crippen LogP contribution in [0.5, 0.6) is 0 Å². The van der Waals surface area contributed by atoms with Crippen molar-refractivity contribution in [3.05, 3.63) is 13.2 Å². The number of carbonyl (C=O) groups excluding carboxylic acids is 3. The molecule has 0 bridgehead atoms. The van der Waals surface area contributed by atoms with E-state index in [1.54, 1.807) is 0 Å². The molecule has 29 heavy (non-hydrogen) atoms. The Labute approximate surface area is 173 Å². The van der Waals surface area contributed by atoms with Gasteiger partial charge in [-0.3, -0.25) is 9.59 Å². The highest BCUT2D eigenvalue weighted by atomic mass is 19.4. The maximum absolute atomic E-state index is 12.6. The van der Waals surface area contributed by atoms with Crippen molar-refractivity contribution in [1.29, 1.82) is 0 Å². The fourth-order valence-electron chi connectivity index (χ4n) is 2.10. The quantitative estimate of drug-likeness (QED) is 0.662. The van der Waals surface area contributed by atoms with Gasteiger partial charge in [0.05, 0.1) is 0 Å². The largest absolute Gasteiger partial charge is 0.434 e. The molecular formula is C19H38F3N3O4. The molecule has 1 aliphatic heterocycles. The second kappa shape index (κ2) is 13.1. The highest BCUT2D eigenvalue weighted by Gasteiger charge is 2.51. The molecule has 1 rings (SSSR count). The molecule has 0 aliphatic carbocycles. The lowest BCUT2D eigenvalue weighted by Gasteiger charge is -2.33. The molecule has 0 saturated carbocycles. The summed E-state index contributed by atoms with van der Waals surface area (Å²) in [5.74, 6) is -0.422. The van der Waals surface area contributed by atoms with E-state index in [1.807, 2.05) is 5.32 Å². The van der Waals surface area contributed by atoms with Crippen molar-refractivity contribution in [2.24, 2.45) is 11.7 Å². The van der Waals surface area contributed by atoms with Crippen LogP contribution < -0.4 is 11.1 Å². The molecule has 3 amide bonds. The Balaban J connectivity index is -0.000000408. The standard InChI is InChI=1S/C13H20F3N3O4.C4H10.C2H4.2H2/c1-12(2,13(14,15)16)23-11(22)18-7-9(20)19-6-4-3-5-8(19)10(17)21;1-4(2)3;1-2;;/h8H,3-7H2,1-2H3,(H2,17,21)(H,18,22);4H,1-3H3;1-2H2;2*1H/t8-;;;;/m0..../s1. The predicted molar refractivity (Wildman–Crippen MR) is 109 cm³/mol. The number of piperidine rings is 1. The molecule has 3 N–H and O–H groups in total. The van der Waals surface area contributed by atoms with Crippen LogP contribution >= 0.6 is 0 Å². The van der Waals surface area contributed by atoms with Crippen molar-refractivity contribution in [3.8, 4) is 0 Å². The van der Waals surface area contributed by atoms with E-state index < -0.39 is 42.3 Å². The molecule has 1 saturated heterocycles. The highest BCUT2D eigenvalue weighted by molar-refractivity contribution is 5.88. The van der Waals surface area contributed by atoms with E-state index in [1.165, 1.54) is 4.90 Å². The van der Waals surface area contributed by atoms with Crippen molar-refractivity contribution in [1.82, 2.24) is 10.2 Å². The topological polar surface area (TPSA) is 102 Å². The zero-order valence-corrected chi connectivity index (χ0v) is 17.9. The lowest BCUT2D eigenvalue weighted by atomic mass is 10.0. The molecule has 0 radical (unpaired) electrons. The number of nitrogens with zero attached hydrogens (tertiary/aromatic N) is 1. The molecule has 1 fully saturated rings. The summed E-state index contributed by atoms with van der Waals surface area (Å²) >= 11 is 0. The average molecular weight is 430 g/mol. The third kappa shape index (κ3) is 11.4. The van der Waals surface area contributed by atoms with Crippen LogP contribution in [-0.4, -0.2) is 53.7 Å². The van der Waals surface area contributed by atoms with Crippen LogP contribution in [0.2, 0.25) is 0 Å². The molecule has 0 spiro atoms. The number of nitrogens with one attached hydrogen (secondary N) is 1. The van der Waals surface area contributed by atoms with Crippen LogP contribution in [0.1, 0.15) is 56.7 Å². The second-order valence-corrected chi connectivity index (χ2v) is 7.48. The first kappa shape index (κ1) is 28.9. The number of alkyl carbamates (subject to hydrolysis) is 1. The van der Waals surface area contributed by atoms with Gasteiger partial charge < -0.3 is 20.7 Å². The zero-order chi connectivity index (χ0) is 23.4. The number of alkyl halides is 3. The van der Waals surface area contributed by atoms with Gasteiger partial charge in [0.1, 0.15) is 12.6 Å². The summed E-state index contributed by atoms with van der Waals surface area (Å²) in [6, 6.07) is -0.763. The molecule has 10 heteroatoms. The van der Waals surface area contributed by atoms with Crippen LogP contribution in [0.15, 0.2) is 13.2 Å². The van der Waals surface area contributed by atoms with Crippen LogP contribution in [0.25, 0.3) is 0 Å². The Bertz CT molecular complexity index is 545. The van der Waals surface area contributed by atoms with Crippen molar-refractivity contribution >= 4 is 17.9 Å². The smallest absolute Gasteiger partial charge is 0.427 e. The average Bonchev–Trinajstić information content (AvgIpc) is 2.59. The Morgan fingerprint density at radius 2 is 1.69 bits per heavy atom. The number of likely N-dealkylation sites (tertiary alicyclic amines) is 1. The van der Waals surface area contributed by atoms with Crippen molar-refractivity contribution in [2.75, 3.05) is 13.1 Å². The number of ether oxygens (including phenoxy) is 1. The lowest BCUT2D eigenvalue weighted by Crippen LogP contribution is -2.53. The molecule has 174 valence electrons. The normalized spacial score (nSPS) is 16.6. The zero-order valence-electron chi connectivity index (χ0n) is 17.9. The summed E-state index contributed by atoms with van der Waals surface area (Å²) in [7, 11) is 0. The van der Waals surface area contributed by atoms with Crippen LogP contribution in [0, 0.1) is 5.92 Å². The monoisotopic (exact) mass is 429 g/mol. The summed E-state index contributed by atoms with van der Waals surface area (Å²) in [6.07, 6.45) is -4.26. The van der Waals surface area contributed by atoms with Crippen molar-refractivity contribution < 1.29 is 35.1 Å². The van der Waals surface area contributed by atoms with Crippen LogP contribution in [0.4, 0.5) is 18.0 Å². The van der Waals surface area contributed by atoms with Crippen LogP contribution in [-0.2, 0) is 14.3 Å². The molecule has 1 aliphatic rings. The summed E-state index contributed by atoms with van der Waals surface area (Å²) in [4.78, 5) is 35.9. The molecule has 1 heterocycles. The molecule has 0 unspecified atom stereocenters. The van der Waals surface area contributed by atoms with Gasteiger partial charge in [0.2, 0.25) is 17.4 Å². The summed E-state index contributed by atoms with van der Waals surface area (Å²) in [6.45, 7) is 13.6. The van der Waals surface area contributed by atoms with Gasteiger partial charge in [-0.15, -0.1) is 13.2 Å². The molecule has 1 atom stereocenters. The van der Waals surface area contributed by atoms with Gasteiger partial charge in [0, 0.05) is 9.40 Å². The third-order valence-electron chi connectivity index (χ3n) is 3.57. The minimum absolute atomic E-state index is 0. The van der Waals surface area contributed by atoms with Crippen LogP contribution in [0.3, 0.4) is 0 Å². The first-order chi connectivity index (χ1) is 13.2. The maximum Gasteiger partial charge on any atom is 0.427 e. The van der Waals surface area contributed by atoms with Gasteiger partial charge >= 0.3 is 12.3 Å². The Kier molecular flexibility index (Phi) is 13.0. The summed E-state index contributed by atoms with van der Waals surface area (Å²) in [5.41, 5.74) is 2.53. The van der Waals surface area contributed by atoms with E-state index in [4.69, 9.17) is 5.73 Å². The number of carbonyl (C=O) groups is 3. The van der Waals surface area contributed by atoms with Crippen molar-refractivity contribution in [3.63, 3.8) is 0 Å². The number of hydrogen-bond acceptors (Lipinski definition) is 4. The SMILES string of the molecule is C=C.CC(C)(OC(=O)NCC(=O)N1CCCC[C@H]1C(N)=O)C(F)(F)F.CC(C)C.[HH].[HH]. The molecule has 0 aromatic rings. The number of primary amides is 1. The van der Waals surface area contributed by atoms with E-state index in [2.05, 4.69) is 38.7 Å². The molecule has 0 aromatic carbocycles. The number of rotatable bonds is 4. The minimum atomic E-state index is -4.74. The second-order valence-electron chi connectivity index (χ2n) is 7.48. The third-order valence-corrected chi connectivity index (χ3v) is 3.57. The van der Waals surface area contributed by atoms with Crippen molar-refractivity contribution in [2.45, 2.75) is 71.7 Å². The van der Waals surface area contributed by atoms with Gasteiger partial charge in [-0.1, -0.05) is 20.8 Å². The first-order valence-electron chi connectivity index (χ1n) is 9.31. The van der Waals surface area contributed by atoms with Gasteiger partial charge in [-0.25, -0.2) is 4.79 Å². The van der Waals surface area contributed by atoms with E-state index in [-0.39, 0.29) is 2.85 Å². The molecule has 0 aromatic heterocycles. The Morgan fingerprint density at radius 1 is 1.21 bits per heavy atom. The fourth-order valence-corrected chi connectivity index (χ4v) is 2.10.